The summed E-state index contributed by atoms with van der Waals surface area (Å²) < 4.78 is 53.5. The fourth-order valence-electron chi connectivity index (χ4n) is 4.26. The normalized spacial score (nSPS) is 14.9. The van der Waals surface area contributed by atoms with E-state index in [1.54, 1.807) is 4.90 Å². The lowest BCUT2D eigenvalue weighted by molar-refractivity contribution is -0.117. The maximum Gasteiger partial charge on any atom is 0.264 e. The van der Waals surface area contributed by atoms with Crippen LogP contribution in [0.25, 0.3) is 0 Å². The van der Waals surface area contributed by atoms with E-state index < -0.39 is 28.3 Å². The second kappa shape index (κ2) is 8.98. The number of carbonyl (C=O) groups is 1. The SMILES string of the molecule is O=C(CN(c1cccc(F)c1)S(=O)(=O)c1ccc2c(c1)OCCO2)N1CCCc2ccccc21. The summed E-state index contributed by atoms with van der Waals surface area (Å²) in [6.07, 6.45) is 1.63. The Hall–Kier alpha value is -3.59. The number of aryl methyl sites for hydroxylation is 1. The van der Waals surface area contributed by atoms with Crippen LogP contribution in [0.15, 0.2) is 71.6 Å². The van der Waals surface area contributed by atoms with E-state index in [9.17, 15) is 17.6 Å². The van der Waals surface area contributed by atoms with Crippen LogP contribution in [0.1, 0.15) is 12.0 Å². The van der Waals surface area contributed by atoms with Crippen LogP contribution in [0.2, 0.25) is 0 Å². The van der Waals surface area contributed by atoms with E-state index in [1.165, 1.54) is 36.4 Å². The predicted octanol–water partition coefficient (Wildman–Crippen LogP) is 3.77. The lowest BCUT2D eigenvalue weighted by Crippen LogP contribution is -2.45. The van der Waals surface area contributed by atoms with Crippen molar-refractivity contribution in [2.45, 2.75) is 17.7 Å². The molecule has 2 heterocycles. The van der Waals surface area contributed by atoms with Crippen LogP contribution in [-0.2, 0) is 21.2 Å². The Balaban J connectivity index is 1.52. The molecule has 0 bridgehead atoms. The van der Waals surface area contributed by atoms with Gasteiger partial charge in [0.25, 0.3) is 10.0 Å². The van der Waals surface area contributed by atoms with Crippen molar-refractivity contribution in [1.29, 1.82) is 0 Å². The van der Waals surface area contributed by atoms with Gasteiger partial charge in [0.1, 0.15) is 25.6 Å². The van der Waals surface area contributed by atoms with Crippen LogP contribution in [0.5, 0.6) is 11.5 Å². The fraction of sp³-hybridized carbons (Fsp3) is 0.240. The Morgan fingerprint density at radius 2 is 1.76 bits per heavy atom. The van der Waals surface area contributed by atoms with Gasteiger partial charge in [0, 0.05) is 18.3 Å². The Morgan fingerprint density at radius 3 is 2.59 bits per heavy atom. The highest BCUT2D eigenvalue weighted by Crippen LogP contribution is 2.35. The van der Waals surface area contributed by atoms with Gasteiger partial charge < -0.3 is 14.4 Å². The van der Waals surface area contributed by atoms with Gasteiger partial charge in [-0.3, -0.25) is 9.10 Å². The predicted molar refractivity (Wildman–Crippen MR) is 125 cm³/mol. The first kappa shape index (κ1) is 22.2. The molecule has 0 atom stereocenters. The lowest BCUT2D eigenvalue weighted by atomic mass is 10.0. The zero-order valence-corrected chi connectivity index (χ0v) is 19.1. The van der Waals surface area contributed by atoms with Crippen molar-refractivity contribution in [3.63, 3.8) is 0 Å². The Morgan fingerprint density at radius 1 is 0.971 bits per heavy atom. The Kier molecular flexibility index (Phi) is 5.87. The number of hydrogen-bond acceptors (Lipinski definition) is 5. The molecule has 0 unspecified atom stereocenters. The second-order valence-corrected chi connectivity index (χ2v) is 9.94. The van der Waals surface area contributed by atoms with Gasteiger partial charge in [-0.05, 0) is 54.8 Å². The molecular formula is C25H23FN2O5S. The number of ether oxygens (including phenoxy) is 2. The maximum atomic E-state index is 14.1. The molecule has 0 spiro atoms. The van der Waals surface area contributed by atoms with Crippen molar-refractivity contribution in [2.24, 2.45) is 0 Å². The molecule has 2 aliphatic heterocycles. The van der Waals surface area contributed by atoms with Gasteiger partial charge in [-0.1, -0.05) is 24.3 Å². The molecule has 176 valence electrons. The minimum absolute atomic E-state index is 0.0635. The smallest absolute Gasteiger partial charge is 0.264 e. The van der Waals surface area contributed by atoms with E-state index >= 15 is 0 Å². The molecule has 5 rings (SSSR count). The molecule has 3 aromatic rings. The molecule has 0 aromatic heterocycles. The van der Waals surface area contributed by atoms with Crippen LogP contribution < -0.4 is 18.7 Å². The molecule has 0 aliphatic carbocycles. The van der Waals surface area contributed by atoms with Gasteiger partial charge in [-0.25, -0.2) is 12.8 Å². The summed E-state index contributed by atoms with van der Waals surface area (Å²) in [5.74, 6) is -0.237. The van der Waals surface area contributed by atoms with Gasteiger partial charge in [0.15, 0.2) is 11.5 Å². The van der Waals surface area contributed by atoms with Crippen molar-refractivity contribution in [1.82, 2.24) is 0 Å². The molecule has 3 aromatic carbocycles. The number of hydrogen-bond donors (Lipinski definition) is 0. The number of amides is 1. The summed E-state index contributed by atoms with van der Waals surface area (Å²) in [6.45, 7) is 0.683. The van der Waals surface area contributed by atoms with Crippen LogP contribution in [-0.4, -0.2) is 40.6 Å². The van der Waals surface area contributed by atoms with E-state index in [1.807, 2.05) is 24.3 Å². The number of fused-ring (bicyclic) bond motifs is 2. The highest BCUT2D eigenvalue weighted by Gasteiger charge is 2.32. The number of anilines is 2. The van der Waals surface area contributed by atoms with Crippen LogP contribution in [0.3, 0.4) is 0 Å². The number of rotatable bonds is 5. The minimum atomic E-state index is -4.23. The number of carbonyl (C=O) groups excluding carboxylic acids is 1. The van der Waals surface area contributed by atoms with E-state index in [4.69, 9.17) is 9.47 Å². The monoisotopic (exact) mass is 482 g/mol. The first-order chi connectivity index (χ1) is 16.4. The summed E-state index contributed by atoms with van der Waals surface area (Å²) >= 11 is 0. The first-order valence-corrected chi connectivity index (χ1v) is 12.4. The fourth-order valence-corrected chi connectivity index (χ4v) is 5.68. The zero-order valence-electron chi connectivity index (χ0n) is 18.3. The summed E-state index contributed by atoms with van der Waals surface area (Å²) in [4.78, 5) is 14.9. The Bertz CT molecular complexity index is 1340. The highest BCUT2D eigenvalue weighted by molar-refractivity contribution is 7.92. The zero-order chi connectivity index (χ0) is 23.7. The van der Waals surface area contributed by atoms with Crippen molar-refractivity contribution in [2.75, 3.05) is 35.5 Å². The summed E-state index contributed by atoms with van der Waals surface area (Å²) in [5.41, 5.74) is 1.87. The molecular weight excluding hydrogens is 459 g/mol. The number of nitrogens with zero attached hydrogens (tertiary/aromatic N) is 2. The number of sulfonamides is 1. The standard InChI is InChI=1S/C25H23FN2O5S/c26-19-7-3-8-20(15-19)28(17-25(29)27-12-4-6-18-5-1-2-9-22(18)27)34(30,31)21-10-11-23-24(16-21)33-14-13-32-23/h1-3,5,7-11,15-16H,4,6,12-14,17H2. The quantitative estimate of drug-likeness (QED) is 0.553. The van der Waals surface area contributed by atoms with E-state index in [0.29, 0.717) is 31.3 Å². The van der Waals surface area contributed by atoms with Crippen LogP contribution in [0.4, 0.5) is 15.8 Å². The summed E-state index contributed by atoms with van der Waals surface area (Å²) in [6, 6.07) is 17.1. The molecule has 34 heavy (non-hydrogen) atoms. The highest BCUT2D eigenvalue weighted by atomic mass is 32.2. The molecule has 2 aliphatic rings. The summed E-state index contributed by atoms with van der Waals surface area (Å²) in [7, 11) is -4.23. The van der Waals surface area contributed by atoms with Crippen molar-refractivity contribution < 1.29 is 27.1 Å². The van der Waals surface area contributed by atoms with Crippen molar-refractivity contribution >= 4 is 27.3 Å². The van der Waals surface area contributed by atoms with Crippen LogP contribution in [0, 0.1) is 5.82 Å². The molecule has 9 heteroatoms. The Labute approximate surface area is 197 Å². The van der Waals surface area contributed by atoms with Gasteiger partial charge in [0.05, 0.1) is 10.6 Å². The van der Waals surface area contributed by atoms with Crippen LogP contribution >= 0.6 is 0 Å². The average Bonchev–Trinajstić information content (AvgIpc) is 2.86. The molecule has 0 N–H and O–H groups in total. The third-order valence-electron chi connectivity index (χ3n) is 5.89. The second-order valence-electron chi connectivity index (χ2n) is 8.07. The number of benzene rings is 3. The third-order valence-corrected chi connectivity index (χ3v) is 7.66. The van der Waals surface area contributed by atoms with E-state index in [0.717, 1.165) is 34.5 Å². The third kappa shape index (κ3) is 4.19. The van der Waals surface area contributed by atoms with Gasteiger partial charge in [0.2, 0.25) is 5.91 Å². The molecule has 0 saturated heterocycles. The maximum absolute atomic E-state index is 14.1. The van der Waals surface area contributed by atoms with Crippen molar-refractivity contribution in [3.05, 3.63) is 78.1 Å². The molecule has 0 radical (unpaired) electrons. The number of para-hydroxylation sites is 1. The average molecular weight is 483 g/mol. The van der Waals surface area contributed by atoms with E-state index in [-0.39, 0.29) is 10.6 Å². The lowest BCUT2D eigenvalue weighted by Gasteiger charge is -2.32. The van der Waals surface area contributed by atoms with Gasteiger partial charge in [-0.15, -0.1) is 0 Å². The van der Waals surface area contributed by atoms with Crippen molar-refractivity contribution in [3.8, 4) is 11.5 Å². The largest absolute Gasteiger partial charge is 0.486 e. The molecule has 0 fully saturated rings. The topological polar surface area (TPSA) is 76.2 Å². The number of halogens is 1. The molecule has 0 saturated carbocycles. The first-order valence-electron chi connectivity index (χ1n) is 11.0. The van der Waals surface area contributed by atoms with Gasteiger partial charge in [-0.2, -0.15) is 0 Å². The molecule has 7 nitrogen and oxygen atoms in total. The van der Waals surface area contributed by atoms with E-state index in [2.05, 4.69) is 0 Å². The summed E-state index contributed by atoms with van der Waals surface area (Å²) in [5, 5.41) is 0. The minimum Gasteiger partial charge on any atom is -0.486 e. The van der Waals surface area contributed by atoms with Gasteiger partial charge >= 0.3 is 0 Å². The molecule has 1 amide bonds.